The van der Waals surface area contributed by atoms with E-state index in [1.54, 1.807) is 4.68 Å². The van der Waals surface area contributed by atoms with Gasteiger partial charge < -0.3 is 14.4 Å². The first kappa shape index (κ1) is 13.4. The maximum Gasteiger partial charge on any atom is 0.236 e. The fourth-order valence-electron chi connectivity index (χ4n) is 3.11. The average molecular weight is 279 g/mol. The van der Waals surface area contributed by atoms with E-state index in [1.165, 1.54) is 0 Å². The van der Waals surface area contributed by atoms with Crippen molar-refractivity contribution in [2.24, 2.45) is 13.0 Å². The van der Waals surface area contributed by atoms with E-state index >= 15 is 0 Å². The third-order valence-corrected chi connectivity index (χ3v) is 4.15. The van der Waals surface area contributed by atoms with Crippen molar-refractivity contribution >= 4 is 11.6 Å². The topological polar surface area (TPSA) is 56.6 Å². The Morgan fingerprint density at radius 3 is 2.95 bits per heavy atom. The van der Waals surface area contributed by atoms with Crippen molar-refractivity contribution in [3.8, 4) is 5.88 Å². The largest absolute Gasteiger partial charge is 0.474 e. The van der Waals surface area contributed by atoms with Crippen molar-refractivity contribution in [1.82, 2.24) is 9.78 Å². The summed E-state index contributed by atoms with van der Waals surface area (Å²) in [5, 5.41) is 4.36. The van der Waals surface area contributed by atoms with Crippen LogP contribution >= 0.6 is 0 Å². The molecule has 1 amide bonds. The smallest absolute Gasteiger partial charge is 0.236 e. The third-order valence-electron chi connectivity index (χ3n) is 4.15. The van der Waals surface area contributed by atoms with E-state index in [4.69, 9.17) is 9.47 Å². The summed E-state index contributed by atoms with van der Waals surface area (Å²) in [4.78, 5) is 14.7. The maximum atomic E-state index is 12.8. The molecule has 6 heteroatoms. The van der Waals surface area contributed by atoms with Crippen molar-refractivity contribution in [3.63, 3.8) is 0 Å². The second kappa shape index (κ2) is 5.09. The number of carbonyl (C=O) groups is 1. The highest BCUT2D eigenvalue weighted by Crippen LogP contribution is 2.36. The molecule has 2 aliphatic heterocycles. The predicted octanol–water partition coefficient (Wildman–Crippen LogP) is 1.27. The van der Waals surface area contributed by atoms with E-state index in [-0.39, 0.29) is 17.9 Å². The molecule has 0 aromatic carbocycles. The predicted molar refractivity (Wildman–Crippen MR) is 73.9 cm³/mol. The highest BCUT2D eigenvalue weighted by molar-refractivity contribution is 5.97. The normalized spacial score (nSPS) is 26.1. The van der Waals surface area contributed by atoms with Crippen LogP contribution in [-0.2, 0) is 16.6 Å². The van der Waals surface area contributed by atoms with Crippen LogP contribution in [0.25, 0.3) is 0 Å². The lowest BCUT2D eigenvalue weighted by atomic mass is 9.93. The Bertz CT molecular complexity index is 526. The van der Waals surface area contributed by atoms with Gasteiger partial charge in [0.05, 0.1) is 24.3 Å². The van der Waals surface area contributed by atoms with E-state index < -0.39 is 0 Å². The molecule has 110 valence electrons. The van der Waals surface area contributed by atoms with Crippen molar-refractivity contribution < 1.29 is 14.3 Å². The van der Waals surface area contributed by atoms with E-state index in [1.807, 2.05) is 25.8 Å². The van der Waals surface area contributed by atoms with Gasteiger partial charge in [-0.05, 0) is 26.7 Å². The number of rotatable bonds is 1. The van der Waals surface area contributed by atoms with Gasteiger partial charge in [0.15, 0.2) is 0 Å². The van der Waals surface area contributed by atoms with Crippen LogP contribution in [0.15, 0.2) is 0 Å². The number of carbonyl (C=O) groups excluding carboxylic acids is 1. The van der Waals surface area contributed by atoms with E-state index in [9.17, 15) is 4.79 Å². The fraction of sp³-hybridized carbons (Fsp3) is 0.714. The van der Waals surface area contributed by atoms with E-state index in [2.05, 4.69) is 5.10 Å². The molecule has 0 radical (unpaired) electrons. The summed E-state index contributed by atoms with van der Waals surface area (Å²) in [6, 6.07) is 0. The van der Waals surface area contributed by atoms with E-state index in [0.29, 0.717) is 19.0 Å². The molecular weight excluding hydrogens is 258 g/mol. The highest BCUT2D eigenvalue weighted by Gasteiger charge is 2.36. The second-order valence-electron chi connectivity index (χ2n) is 5.53. The van der Waals surface area contributed by atoms with Gasteiger partial charge in [0.25, 0.3) is 0 Å². The lowest BCUT2D eigenvalue weighted by molar-refractivity contribution is -0.130. The third kappa shape index (κ3) is 2.08. The van der Waals surface area contributed by atoms with Crippen LogP contribution in [0, 0.1) is 12.8 Å². The zero-order valence-electron chi connectivity index (χ0n) is 12.3. The van der Waals surface area contributed by atoms with Crippen molar-refractivity contribution in [1.29, 1.82) is 0 Å². The van der Waals surface area contributed by atoms with Gasteiger partial charge in [-0.25, -0.2) is 4.68 Å². The Morgan fingerprint density at radius 1 is 1.40 bits per heavy atom. The van der Waals surface area contributed by atoms with Gasteiger partial charge >= 0.3 is 0 Å². The van der Waals surface area contributed by atoms with Gasteiger partial charge in [-0.1, -0.05) is 0 Å². The minimum Gasteiger partial charge on any atom is -0.474 e. The minimum absolute atomic E-state index is 0.0143. The molecule has 2 unspecified atom stereocenters. The molecular formula is C14H21N3O3. The van der Waals surface area contributed by atoms with Crippen LogP contribution in [-0.4, -0.2) is 41.6 Å². The van der Waals surface area contributed by atoms with Crippen molar-refractivity contribution in [2.75, 3.05) is 24.7 Å². The number of ether oxygens (including phenoxy) is 2. The Hall–Kier alpha value is -1.56. The number of amides is 1. The van der Waals surface area contributed by atoms with Crippen LogP contribution < -0.4 is 9.64 Å². The average Bonchev–Trinajstić information content (AvgIpc) is 2.74. The quantitative estimate of drug-likeness (QED) is 0.777. The Kier molecular flexibility index (Phi) is 3.41. The zero-order valence-corrected chi connectivity index (χ0v) is 12.3. The number of hydrogen-bond donors (Lipinski definition) is 0. The SMILES string of the molecule is Cc1nn(C)c2c1N(C(=O)C1CCCOC1C)CCO2. The molecule has 0 bridgehead atoms. The Balaban J connectivity index is 1.90. The van der Waals surface area contributed by atoms with Crippen LogP contribution in [0.3, 0.4) is 0 Å². The number of aromatic nitrogens is 2. The molecule has 0 aliphatic carbocycles. The molecule has 2 aliphatic rings. The number of hydrogen-bond acceptors (Lipinski definition) is 4. The summed E-state index contributed by atoms with van der Waals surface area (Å²) in [5.74, 6) is 0.763. The molecule has 0 N–H and O–H groups in total. The molecule has 1 aromatic heterocycles. The van der Waals surface area contributed by atoms with Crippen LogP contribution in [0.2, 0.25) is 0 Å². The summed E-state index contributed by atoms with van der Waals surface area (Å²) >= 11 is 0. The number of nitrogens with zero attached hydrogens (tertiary/aromatic N) is 3. The monoisotopic (exact) mass is 279 g/mol. The van der Waals surface area contributed by atoms with Crippen LogP contribution in [0.4, 0.5) is 5.69 Å². The first-order valence-electron chi connectivity index (χ1n) is 7.19. The molecule has 3 rings (SSSR count). The van der Waals surface area contributed by atoms with Crippen LogP contribution in [0.5, 0.6) is 5.88 Å². The zero-order chi connectivity index (χ0) is 14.3. The van der Waals surface area contributed by atoms with Gasteiger partial charge in [-0.15, -0.1) is 0 Å². The van der Waals surface area contributed by atoms with Crippen LogP contribution in [0.1, 0.15) is 25.5 Å². The van der Waals surface area contributed by atoms with Crippen molar-refractivity contribution in [3.05, 3.63) is 5.69 Å². The molecule has 3 heterocycles. The standard InChI is InChI=1S/C14H21N3O3/c1-9-12-14(16(3)15-9)20-8-6-17(12)13(18)11-5-4-7-19-10(11)2/h10-11H,4-8H2,1-3H3. The molecule has 0 spiro atoms. The van der Waals surface area contributed by atoms with Gasteiger partial charge in [0.2, 0.25) is 11.8 Å². The van der Waals surface area contributed by atoms with Crippen molar-refractivity contribution in [2.45, 2.75) is 32.8 Å². The highest BCUT2D eigenvalue weighted by atomic mass is 16.5. The number of aryl methyl sites for hydroxylation is 2. The Labute approximate surface area is 118 Å². The molecule has 2 atom stereocenters. The summed E-state index contributed by atoms with van der Waals surface area (Å²) in [6.07, 6.45) is 1.83. The lowest BCUT2D eigenvalue weighted by Crippen LogP contribution is -2.46. The number of anilines is 1. The molecule has 6 nitrogen and oxygen atoms in total. The first-order chi connectivity index (χ1) is 9.59. The Morgan fingerprint density at radius 2 is 2.20 bits per heavy atom. The molecule has 1 fully saturated rings. The minimum atomic E-state index is -0.0608. The molecule has 0 saturated carbocycles. The van der Waals surface area contributed by atoms with E-state index in [0.717, 1.165) is 30.8 Å². The second-order valence-corrected chi connectivity index (χ2v) is 5.53. The lowest BCUT2D eigenvalue weighted by Gasteiger charge is -2.34. The van der Waals surface area contributed by atoms with Gasteiger partial charge in [0, 0.05) is 13.7 Å². The summed E-state index contributed by atoms with van der Waals surface area (Å²) in [7, 11) is 1.84. The van der Waals surface area contributed by atoms with Gasteiger partial charge in [-0.2, -0.15) is 5.10 Å². The molecule has 20 heavy (non-hydrogen) atoms. The molecule has 1 aromatic rings. The maximum absolute atomic E-state index is 12.8. The summed E-state index contributed by atoms with van der Waals surface area (Å²) in [6.45, 7) is 5.75. The molecule has 1 saturated heterocycles. The summed E-state index contributed by atoms with van der Waals surface area (Å²) in [5.41, 5.74) is 1.65. The van der Waals surface area contributed by atoms with Gasteiger partial charge in [-0.3, -0.25) is 4.79 Å². The number of fused-ring (bicyclic) bond motifs is 1. The first-order valence-corrected chi connectivity index (χ1v) is 7.19. The van der Waals surface area contributed by atoms with Gasteiger partial charge in [0.1, 0.15) is 12.3 Å². The fourth-order valence-corrected chi connectivity index (χ4v) is 3.11. The summed E-state index contributed by atoms with van der Waals surface area (Å²) < 4.78 is 13.0.